The quantitative estimate of drug-likeness (QED) is 0.782. The third kappa shape index (κ3) is 2.77. The lowest BCUT2D eigenvalue weighted by atomic mass is 9.95. The second kappa shape index (κ2) is 4.89. The molecule has 0 atom stereocenters. The topological polar surface area (TPSA) is 66.5 Å². The minimum atomic E-state index is 0.264. The van der Waals surface area contributed by atoms with Crippen LogP contribution in [-0.4, -0.2) is 27.9 Å². The van der Waals surface area contributed by atoms with Gasteiger partial charge in [0, 0.05) is 6.54 Å². The first-order valence-corrected chi connectivity index (χ1v) is 5.39. The maximum atomic E-state index is 8.57. The van der Waals surface area contributed by atoms with Crippen molar-refractivity contribution in [1.29, 1.82) is 5.26 Å². The molecular weight excluding hydrogens is 190 g/mol. The van der Waals surface area contributed by atoms with Crippen molar-refractivity contribution in [2.75, 3.05) is 13.1 Å². The molecular formula is C10H15N5. The van der Waals surface area contributed by atoms with Crippen LogP contribution in [0.2, 0.25) is 0 Å². The van der Waals surface area contributed by atoms with Gasteiger partial charge in [-0.15, -0.1) is 5.10 Å². The third-order valence-corrected chi connectivity index (χ3v) is 2.86. The smallest absolute Gasteiger partial charge is 0.252 e. The average molecular weight is 205 g/mol. The predicted octanol–water partition coefficient (Wildman–Crippen LogP) is 0.539. The van der Waals surface area contributed by atoms with E-state index in [0.717, 1.165) is 32.0 Å². The fraction of sp³-hybridized carbons (Fsp3) is 0.700. The van der Waals surface area contributed by atoms with Crippen molar-refractivity contribution in [2.24, 2.45) is 5.92 Å². The molecule has 15 heavy (non-hydrogen) atoms. The van der Waals surface area contributed by atoms with Gasteiger partial charge in [-0.05, 0) is 38.3 Å². The molecule has 0 radical (unpaired) electrons. The molecule has 2 heterocycles. The minimum Gasteiger partial charge on any atom is -0.317 e. The highest BCUT2D eigenvalue weighted by Gasteiger charge is 2.12. The lowest BCUT2D eigenvalue weighted by Gasteiger charge is -2.22. The molecule has 1 aromatic rings. The highest BCUT2D eigenvalue weighted by atomic mass is 15.3. The number of piperidine rings is 1. The Kier molecular flexibility index (Phi) is 3.30. The van der Waals surface area contributed by atoms with Crippen LogP contribution < -0.4 is 5.32 Å². The first kappa shape index (κ1) is 10.1. The summed E-state index contributed by atoms with van der Waals surface area (Å²) < 4.78 is 1.76. The number of nitrogens with zero attached hydrogens (tertiary/aromatic N) is 4. The SMILES string of the molecule is N#Cc1ncn(CCC2CCNCC2)n1. The zero-order valence-corrected chi connectivity index (χ0v) is 8.69. The summed E-state index contributed by atoms with van der Waals surface area (Å²) in [6.45, 7) is 3.14. The number of aryl methyl sites for hydroxylation is 1. The highest BCUT2D eigenvalue weighted by Crippen LogP contribution is 2.16. The van der Waals surface area contributed by atoms with E-state index in [-0.39, 0.29) is 5.82 Å². The van der Waals surface area contributed by atoms with Gasteiger partial charge < -0.3 is 5.32 Å². The van der Waals surface area contributed by atoms with Crippen LogP contribution in [0, 0.1) is 17.2 Å². The van der Waals surface area contributed by atoms with Gasteiger partial charge in [0.1, 0.15) is 12.4 Å². The van der Waals surface area contributed by atoms with E-state index < -0.39 is 0 Å². The first-order chi connectivity index (χ1) is 7.38. The van der Waals surface area contributed by atoms with E-state index >= 15 is 0 Å². The lowest BCUT2D eigenvalue weighted by Crippen LogP contribution is -2.28. The fourth-order valence-electron chi connectivity index (χ4n) is 1.94. The molecule has 0 amide bonds. The van der Waals surface area contributed by atoms with E-state index in [1.54, 1.807) is 11.0 Å². The summed E-state index contributed by atoms with van der Waals surface area (Å²) in [5.41, 5.74) is 0. The van der Waals surface area contributed by atoms with E-state index in [1.807, 2.05) is 6.07 Å². The summed E-state index contributed by atoms with van der Waals surface area (Å²) >= 11 is 0. The predicted molar refractivity (Wildman–Crippen MR) is 54.9 cm³/mol. The molecule has 0 aliphatic carbocycles. The number of nitrogens with one attached hydrogen (secondary N) is 1. The second-order valence-electron chi connectivity index (χ2n) is 3.93. The molecule has 2 rings (SSSR count). The van der Waals surface area contributed by atoms with Gasteiger partial charge in [0.25, 0.3) is 5.82 Å². The molecule has 1 aliphatic rings. The van der Waals surface area contributed by atoms with E-state index in [9.17, 15) is 0 Å². The Morgan fingerprint density at radius 3 is 3.00 bits per heavy atom. The van der Waals surface area contributed by atoms with Gasteiger partial charge in [-0.2, -0.15) is 5.26 Å². The lowest BCUT2D eigenvalue weighted by molar-refractivity contribution is 0.332. The van der Waals surface area contributed by atoms with Crippen molar-refractivity contribution in [2.45, 2.75) is 25.8 Å². The standard InChI is InChI=1S/C10H15N5/c11-7-10-13-8-15(14-10)6-3-9-1-4-12-5-2-9/h8-9,12H,1-6H2. The van der Waals surface area contributed by atoms with Crippen molar-refractivity contribution < 1.29 is 0 Å². The van der Waals surface area contributed by atoms with Gasteiger partial charge in [0.05, 0.1) is 0 Å². The van der Waals surface area contributed by atoms with Crippen LogP contribution in [0.25, 0.3) is 0 Å². The van der Waals surface area contributed by atoms with Crippen LogP contribution in [0.1, 0.15) is 25.1 Å². The molecule has 0 unspecified atom stereocenters. The summed E-state index contributed by atoms with van der Waals surface area (Å²) in [6.07, 6.45) is 5.27. The molecule has 1 N–H and O–H groups in total. The van der Waals surface area contributed by atoms with E-state index in [2.05, 4.69) is 15.4 Å². The molecule has 5 heteroatoms. The monoisotopic (exact) mass is 205 g/mol. The fourth-order valence-corrected chi connectivity index (χ4v) is 1.94. The van der Waals surface area contributed by atoms with Gasteiger partial charge in [-0.25, -0.2) is 4.98 Å². The van der Waals surface area contributed by atoms with Crippen molar-refractivity contribution in [3.8, 4) is 6.07 Å². The molecule has 1 aliphatic heterocycles. The molecule has 1 saturated heterocycles. The van der Waals surface area contributed by atoms with E-state index in [0.29, 0.717) is 0 Å². The molecule has 0 spiro atoms. The Morgan fingerprint density at radius 1 is 1.53 bits per heavy atom. The Morgan fingerprint density at radius 2 is 2.33 bits per heavy atom. The Labute approximate surface area is 89.1 Å². The number of hydrogen-bond acceptors (Lipinski definition) is 4. The van der Waals surface area contributed by atoms with Crippen LogP contribution in [0.3, 0.4) is 0 Å². The molecule has 5 nitrogen and oxygen atoms in total. The van der Waals surface area contributed by atoms with Crippen LogP contribution in [0.4, 0.5) is 0 Å². The van der Waals surface area contributed by atoms with Gasteiger partial charge in [-0.1, -0.05) is 0 Å². The number of aromatic nitrogens is 3. The Bertz CT molecular complexity index is 345. The summed E-state index contributed by atoms with van der Waals surface area (Å²) in [6, 6.07) is 1.93. The summed E-state index contributed by atoms with van der Waals surface area (Å²) in [7, 11) is 0. The van der Waals surface area contributed by atoms with Gasteiger partial charge >= 0.3 is 0 Å². The first-order valence-electron chi connectivity index (χ1n) is 5.39. The number of nitriles is 1. The summed E-state index contributed by atoms with van der Waals surface area (Å²) in [4.78, 5) is 3.88. The van der Waals surface area contributed by atoms with Crippen molar-refractivity contribution >= 4 is 0 Å². The van der Waals surface area contributed by atoms with Crippen LogP contribution in [-0.2, 0) is 6.54 Å². The molecule has 0 saturated carbocycles. The number of rotatable bonds is 3. The van der Waals surface area contributed by atoms with Crippen LogP contribution in [0.5, 0.6) is 0 Å². The molecule has 1 aromatic heterocycles. The largest absolute Gasteiger partial charge is 0.317 e. The molecule has 0 aromatic carbocycles. The van der Waals surface area contributed by atoms with E-state index in [4.69, 9.17) is 5.26 Å². The normalized spacial score (nSPS) is 17.5. The maximum Gasteiger partial charge on any atom is 0.252 e. The van der Waals surface area contributed by atoms with Crippen LogP contribution in [0.15, 0.2) is 6.33 Å². The average Bonchev–Trinajstić information content (AvgIpc) is 2.76. The zero-order chi connectivity index (χ0) is 10.5. The molecule has 80 valence electrons. The Hall–Kier alpha value is -1.41. The van der Waals surface area contributed by atoms with Gasteiger partial charge in [0.15, 0.2) is 0 Å². The summed E-state index contributed by atoms with van der Waals surface area (Å²) in [5, 5.41) is 16.0. The molecule has 0 bridgehead atoms. The minimum absolute atomic E-state index is 0.264. The maximum absolute atomic E-state index is 8.57. The van der Waals surface area contributed by atoms with Crippen LogP contribution >= 0.6 is 0 Å². The second-order valence-corrected chi connectivity index (χ2v) is 3.93. The van der Waals surface area contributed by atoms with Gasteiger partial charge in [0.2, 0.25) is 0 Å². The molecule has 1 fully saturated rings. The Balaban J connectivity index is 1.79. The van der Waals surface area contributed by atoms with Gasteiger partial charge in [-0.3, -0.25) is 4.68 Å². The zero-order valence-electron chi connectivity index (χ0n) is 8.69. The van der Waals surface area contributed by atoms with Crippen molar-refractivity contribution in [3.05, 3.63) is 12.2 Å². The summed E-state index contributed by atoms with van der Waals surface area (Å²) in [5.74, 6) is 1.06. The number of hydrogen-bond donors (Lipinski definition) is 1. The van der Waals surface area contributed by atoms with E-state index in [1.165, 1.54) is 12.8 Å². The highest BCUT2D eigenvalue weighted by molar-refractivity contribution is 5.05. The van der Waals surface area contributed by atoms with Crippen molar-refractivity contribution in [1.82, 2.24) is 20.1 Å². The third-order valence-electron chi connectivity index (χ3n) is 2.86. The van der Waals surface area contributed by atoms with Crippen molar-refractivity contribution in [3.63, 3.8) is 0 Å².